The number of β-amino-alcohol motifs (C(OH)–C–C–N with tert-alkyl or cyclic N) is 1. The molecule has 1 aliphatic heterocycles. The number of aliphatic hydroxyl groups is 2. The Bertz CT molecular complexity index is 604. The van der Waals surface area contributed by atoms with Crippen LogP contribution in [-0.4, -0.2) is 46.0 Å². The molecule has 1 heterocycles. The van der Waals surface area contributed by atoms with Crippen molar-refractivity contribution in [3.8, 4) is 0 Å². The van der Waals surface area contributed by atoms with E-state index in [1.165, 1.54) is 17.0 Å². The van der Waals surface area contributed by atoms with E-state index < -0.39 is 29.2 Å². The molecule has 5 nitrogen and oxygen atoms in total. The predicted molar refractivity (Wildman–Crippen MR) is 83.7 cm³/mol. The van der Waals surface area contributed by atoms with Crippen LogP contribution in [0.25, 0.3) is 0 Å². The first-order valence-electron chi connectivity index (χ1n) is 7.37. The molecule has 2 N–H and O–H groups in total. The number of hydrogen-bond donors (Lipinski definition) is 2. The Morgan fingerprint density at radius 3 is 2.65 bits per heavy atom. The lowest BCUT2D eigenvalue weighted by Crippen LogP contribution is -2.55. The standard InChI is InChI=1S/C16H21ClFNO4/c1-15(2,3)23-14(21)19-7-6-16(22,13(20)9-19)10-4-5-12(18)11(17)8-10/h4-5,8,13,20,22H,6-7,9H2,1-3H3/t13-,16-/m0/s1. The van der Waals surface area contributed by atoms with Gasteiger partial charge in [-0.15, -0.1) is 0 Å². The van der Waals surface area contributed by atoms with Gasteiger partial charge in [0, 0.05) is 13.0 Å². The Morgan fingerprint density at radius 1 is 1.48 bits per heavy atom. The SMILES string of the molecule is CC(C)(C)OC(=O)N1CC[C@](O)(c2ccc(F)c(Cl)c2)[C@@H](O)C1. The number of aliphatic hydroxyl groups excluding tert-OH is 1. The average molecular weight is 346 g/mol. The van der Waals surface area contributed by atoms with E-state index >= 15 is 0 Å². The summed E-state index contributed by atoms with van der Waals surface area (Å²) in [5, 5.41) is 20.9. The third kappa shape index (κ3) is 3.94. The van der Waals surface area contributed by atoms with E-state index in [1.807, 2.05) is 0 Å². The number of carbonyl (C=O) groups excluding carboxylic acids is 1. The number of halogens is 2. The topological polar surface area (TPSA) is 70.0 Å². The van der Waals surface area contributed by atoms with Crippen LogP contribution in [0.5, 0.6) is 0 Å². The minimum absolute atomic E-state index is 0.0829. The van der Waals surface area contributed by atoms with E-state index in [4.69, 9.17) is 16.3 Å². The molecule has 1 fully saturated rings. The number of rotatable bonds is 1. The number of carbonyl (C=O) groups is 1. The van der Waals surface area contributed by atoms with Crippen molar-refractivity contribution < 1.29 is 24.1 Å². The van der Waals surface area contributed by atoms with Gasteiger partial charge in [0.25, 0.3) is 0 Å². The summed E-state index contributed by atoms with van der Waals surface area (Å²) in [6.45, 7) is 5.38. The van der Waals surface area contributed by atoms with E-state index in [-0.39, 0.29) is 24.5 Å². The van der Waals surface area contributed by atoms with Gasteiger partial charge in [0.05, 0.1) is 11.6 Å². The maximum absolute atomic E-state index is 13.3. The smallest absolute Gasteiger partial charge is 0.410 e. The summed E-state index contributed by atoms with van der Waals surface area (Å²) < 4.78 is 18.5. The monoisotopic (exact) mass is 345 g/mol. The molecule has 23 heavy (non-hydrogen) atoms. The van der Waals surface area contributed by atoms with Gasteiger partial charge >= 0.3 is 6.09 Å². The number of hydrogen-bond acceptors (Lipinski definition) is 4. The lowest BCUT2D eigenvalue weighted by Gasteiger charge is -2.42. The van der Waals surface area contributed by atoms with Crippen LogP contribution < -0.4 is 0 Å². The van der Waals surface area contributed by atoms with E-state index in [0.29, 0.717) is 5.56 Å². The van der Waals surface area contributed by atoms with Crippen LogP contribution in [0.2, 0.25) is 5.02 Å². The molecule has 1 saturated heterocycles. The van der Waals surface area contributed by atoms with Gasteiger partial charge in [-0.25, -0.2) is 9.18 Å². The summed E-state index contributed by atoms with van der Waals surface area (Å²) >= 11 is 5.74. The van der Waals surface area contributed by atoms with Gasteiger partial charge in [-0.2, -0.15) is 0 Å². The number of ether oxygens (including phenoxy) is 1. The molecule has 0 radical (unpaired) electrons. The molecule has 0 bridgehead atoms. The third-order valence-electron chi connectivity index (χ3n) is 3.78. The molecule has 1 amide bonds. The minimum atomic E-state index is -1.59. The molecule has 1 aromatic rings. The van der Waals surface area contributed by atoms with Crippen LogP contribution in [0, 0.1) is 5.82 Å². The molecule has 7 heteroatoms. The van der Waals surface area contributed by atoms with Crippen LogP contribution in [0.15, 0.2) is 18.2 Å². The highest BCUT2D eigenvalue weighted by atomic mass is 35.5. The zero-order valence-electron chi connectivity index (χ0n) is 13.3. The summed E-state index contributed by atoms with van der Waals surface area (Å²) in [5.41, 5.74) is -1.91. The first kappa shape index (κ1) is 18.0. The van der Waals surface area contributed by atoms with Crippen molar-refractivity contribution in [2.75, 3.05) is 13.1 Å². The van der Waals surface area contributed by atoms with Crippen molar-refractivity contribution in [1.29, 1.82) is 0 Å². The molecule has 0 aliphatic carbocycles. The Kier molecular flexibility index (Phi) is 4.89. The Hall–Kier alpha value is -1.37. The lowest BCUT2D eigenvalue weighted by atomic mass is 9.82. The largest absolute Gasteiger partial charge is 0.444 e. The molecule has 128 valence electrons. The maximum atomic E-state index is 13.3. The van der Waals surface area contributed by atoms with Crippen LogP contribution in [0.4, 0.5) is 9.18 Å². The van der Waals surface area contributed by atoms with Gasteiger partial charge < -0.3 is 19.8 Å². The molecule has 2 rings (SSSR count). The summed E-state index contributed by atoms with van der Waals surface area (Å²) in [6, 6.07) is 3.82. The number of amides is 1. The van der Waals surface area contributed by atoms with E-state index in [9.17, 15) is 19.4 Å². The third-order valence-corrected chi connectivity index (χ3v) is 4.07. The molecule has 1 aromatic carbocycles. The second-order valence-corrected chi connectivity index (χ2v) is 7.15. The van der Waals surface area contributed by atoms with Gasteiger partial charge in [-0.1, -0.05) is 17.7 Å². The van der Waals surface area contributed by atoms with Gasteiger partial charge in [0.1, 0.15) is 23.1 Å². The first-order valence-corrected chi connectivity index (χ1v) is 7.74. The first-order chi connectivity index (χ1) is 10.5. The summed E-state index contributed by atoms with van der Waals surface area (Å²) in [6.07, 6.45) is -1.68. The molecule has 0 saturated carbocycles. The predicted octanol–water partition coefficient (Wildman–Crippen LogP) is 2.67. The van der Waals surface area contributed by atoms with Crippen molar-refractivity contribution in [1.82, 2.24) is 4.90 Å². The zero-order valence-corrected chi connectivity index (χ0v) is 14.1. The van der Waals surface area contributed by atoms with Crippen molar-refractivity contribution in [2.45, 2.75) is 44.5 Å². The minimum Gasteiger partial charge on any atom is -0.444 e. The lowest BCUT2D eigenvalue weighted by molar-refractivity contribution is -0.123. The molecule has 0 aromatic heterocycles. The van der Waals surface area contributed by atoms with Gasteiger partial charge in [0.15, 0.2) is 0 Å². The second kappa shape index (κ2) is 6.26. The Morgan fingerprint density at radius 2 is 2.13 bits per heavy atom. The van der Waals surface area contributed by atoms with Crippen LogP contribution >= 0.6 is 11.6 Å². The molecule has 2 atom stereocenters. The quantitative estimate of drug-likeness (QED) is 0.821. The Balaban J connectivity index is 2.14. The molecule has 0 spiro atoms. The van der Waals surface area contributed by atoms with Crippen molar-refractivity contribution >= 4 is 17.7 Å². The highest BCUT2D eigenvalue weighted by molar-refractivity contribution is 6.30. The van der Waals surface area contributed by atoms with Crippen LogP contribution in [0.3, 0.4) is 0 Å². The maximum Gasteiger partial charge on any atom is 0.410 e. The molecule has 0 unspecified atom stereocenters. The average Bonchev–Trinajstić information content (AvgIpc) is 2.43. The zero-order chi connectivity index (χ0) is 17.4. The van der Waals surface area contributed by atoms with E-state index in [2.05, 4.69) is 0 Å². The number of likely N-dealkylation sites (tertiary alicyclic amines) is 1. The van der Waals surface area contributed by atoms with Crippen LogP contribution in [0.1, 0.15) is 32.8 Å². The molecule has 1 aliphatic rings. The van der Waals surface area contributed by atoms with Crippen molar-refractivity contribution in [3.63, 3.8) is 0 Å². The summed E-state index contributed by atoms with van der Waals surface area (Å²) in [4.78, 5) is 13.4. The van der Waals surface area contributed by atoms with Gasteiger partial charge in [-0.3, -0.25) is 0 Å². The fraction of sp³-hybridized carbons (Fsp3) is 0.562. The fourth-order valence-corrected chi connectivity index (χ4v) is 2.70. The molecular weight excluding hydrogens is 325 g/mol. The number of benzene rings is 1. The van der Waals surface area contributed by atoms with E-state index in [1.54, 1.807) is 20.8 Å². The van der Waals surface area contributed by atoms with Gasteiger partial charge in [0.2, 0.25) is 0 Å². The molecular formula is C16H21ClFNO4. The number of nitrogens with zero attached hydrogens (tertiary/aromatic N) is 1. The highest BCUT2D eigenvalue weighted by Gasteiger charge is 2.44. The summed E-state index contributed by atoms with van der Waals surface area (Å²) in [5.74, 6) is -0.598. The number of piperidine rings is 1. The van der Waals surface area contributed by atoms with E-state index in [0.717, 1.165) is 6.07 Å². The highest BCUT2D eigenvalue weighted by Crippen LogP contribution is 2.35. The van der Waals surface area contributed by atoms with Crippen molar-refractivity contribution in [3.05, 3.63) is 34.6 Å². The van der Waals surface area contributed by atoms with Gasteiger partial charge in [-0.05, 0) is 38.5 Å². The normalized spacial score (nSPS) is 25.3. The Labute approximate surface area is 139 Å². The fourth-order valence-electron chi connectivity index (χ4n) is 2.52. The summed E-state index contributed by atoms with van der Waals surface area (Å²) in [7, 11) is 0. The van der Waals surface area contributed by atoms with Crippen LogP contribution in [-0.2, 0) is 10.3 Å². The van der Waals surface area contributed by atoms with Crippen molar-refractivity contribution in [2.24, 2.45) is 0 Å². The second-order valence-electron chi connectivity index (χ2n) is 6.75.